The maximum Gasteiger partial charge on any atom is 0.339 e. The average molecular weight is 313 g/mol. The number of esters is 1. The molecule has 0 atom stereocenters. The van der Waals surface area contributed by atoms with E-state index in [1.54, 1.807) is 30.3 Å². The number of carbonyl (C=O) groups is 3. The van der Waals surface area contributed by atoms with Crippen molar-refractivity contribution < 1.29 is 24.2 Å². The molecule has 0 aliphatic carbocycles. The molecule has 0 unspecified atom stereocenters. The van der Waals surface area contributed by atoms with Crippen LogP contribution in [0.2, 0.25) is 0 Å². The van der Waals surface area contributed by atoms with Gasteiger partial charge in [0.1, 0.15) is 11.3 Å². The summed E-state index contributed by atoms with van der Waals surface area (Å²) in [6.07, 6.45) is 0. The molecule has 0 aliphatic rings. The number of carboxylic acids is 1. The van der Waals surface area contributed by atoms with Crippen molar-refractivity contribution in [3.63, 3.8) is 0 Å². The first-order valence-electron chi connectivity index (χ1n) is 6.81. The Labute approximate surface area is 132 Å². The van der Waals surface area contributed by atoms with Crippen LogP contribution >= 0.6 is 0 Å². The van der Waals surface area contributed by atoms with Crippen molar-refractivity contribution in [2.45, 2.75) is 13.8 Å². The standard InChI is InChI=1S/C17H15NO5/c1-10(19)18-15-6-4-3-5-13(15)12-7-8-14(17(21)22)16(9-12)23-11(2)20/h3-9H,1-2H3,(H,18,19)(H,21,22). The molecule has 2 aromatic rings. The molecule has 0 aliphatic heterocycles. The predicted molar refractivity (Wildman–Crippen MR) is 84.5 cm³/mol. The van der Waals surface area contributed by atoms with E-state index in [0.717, 1.165) is 0 Å². The van der Waals surface area contributed by atoms with E-state index in [1.165, 1.54) is 26.0 Å². The zero-order chi connectivity index (χ0) is 17.0. The molecule has 0 bridgehead atoms. The van der Waals surface area contributed by atoms with Gasteiger partial charge in [0.15, 0.2) is 0 Å². The van der Waals surface area contributed by atoms with Crippen molar-refractivity contribution in [2.75, 3.05) is 5.32 Å². The minimum Gasteiger partial charge on any atom is -0.478 e. The van der Waals surface area contributed by atoms with Gasteiger partial charge in [-0.05, 0) is 23.8 Å². The summed E-state index contributed by atoms with van der Waals surface area (Å²) >= 11 is 0. The Hall–Kier alpha value is -3.15. The Kier molecular flexibility index (Phi) is 4.75. The first-order chi connectivity index (χ1) is 10.9. The van der Waals surface area contributed by atoms with Crippen molar-refractivity contribution in [3.05, 3.63) is 48.0 Å². The van der Waals surface area contributed by atoms with E-state index in [-0.39, 0.29) is 17.2 Å². The molecule has 0 spiro atoms. The molecule has 0 saturated carbocycles. The molecule has 1 amide bonds. The van der Waals surface area contributed by atoms with E-state index in [4.69, 9.17) is 9.84 Å². The van der Waals surface area contributed by atoms with Crippen LogP contribution in [0.25, 0.3) is 11.1 Å². The molecule has 0 radical (unpaired) electrons. The minimum atomic E-state index is -1.19. The SMILES string of the molecule is CC(=O)Nc1ccccc1-c1ccc(C(=O)O)c(OC(C)=O)c1. The third-order valence-electron chi connectivity index (χ3n) is 3.01. The fourth-order valence-electron chi connectivity index (χ4n) is 2.14. The average Bonchev–Trinajstić information content (AvgIpc) is 2.46. The van der Waals surface area contributed by atoms with Crippen molar-refractivity contribution in [2.24, 2.45) is 0 Å². The van der Waals surface area contributed by atoms with Crippen LogP contribution in [0.1, 0.15) is 24.2 Å². The molecule has 0 aromatic heterocycles. The minimum absolute atomic E-state index is 0.0415. The van der Waals surface area contributed by atoms with Gasteiger partial charge in [-0.15, -0.1) is 0 Å². The summed E-state index contributed by atoms with van der Waals surface area (Å²) in [7, 11) is 0. The molecular weight excluding hydrogens is 298 g/mol. The number of aromatic carboxylic acids is 1. The van der Waals surface area contributed by atoms with E-state index >= 15 is 0 Å². The molecule has 0 heterocycles. The predicted octanol–water partition coefficient (Wildman–Crippen LogP) is 2.94. The van der Waals surface area contributed by atoms with Crippen molar-refractivity contribution in [1.29, 1.82) is 0 Å². The van der Waals surface area contributed by atoms with Gasteiger partial charge in [-0.3, -0.25) is 9.59 Å². The van der Waals surface area contributed by atoms with Gasteiger partial charge >= 0.3 is 11.9 Å². The number of anilines is 1. The first-order valence-corrected chi connectivity index (χ1v) is 6.81. The largest absolute Gasteiger partial charge is 0.478 e. The monoisotopic (exact) mass is 313 g/mol. The Balaban J connectivity index is 2.54. The lowest BCUT2D eigenvalue weighted by Crippen LogP contribution is -2.08. The first kappa shape index (κ1) is 16.2. The van der Waals surface area contributed by atoms with Crippen LogP contribution in [-0.2, 0) is 9.59 Å². The molecule has 0 saturated heterocycles. The number of benzene rings is 2. The number of hydrogen-bond acceptors (Lipinski definition) is 4. The smallest absolute Gasteiger partial charge is 0.339 e. The molecule has 2 N–H and O–H groups in total. The number of ether oxygens (including phenoxy) is 1. The molecule has 6 heteroatoms. The summed E-state index contributed by atoms with van der Waals surface area (Å²) in [5.41, 5.74) is 1.78. The third-order valence-corrected chi connectivity index (χ3v) is 3.01. The lowest BCUT2D eigenvalue weighted by Gasteiger charge is -2.12. The number of carbonyl (C=O) groups excluding carboxylic acids is 2. The van der Waals surface area contributed by atoms with Crippen LogP contribution in [0, 0.1) is 0 Å². The summed E-state index contributed by atoms with van der Waals surface area (Å²) in [4.78, 5) is 33.7. The van der Waals surface area contributed by atoms with E-state index in [0.29, 0.717) is 16.8 Å². The molecule has 118 valence electrons. The number of hydrogen-bond donors (Lipinski definition) is 2. The van der Waals surface area contributed by atoms with Crippen LogP contribution in [-0.4, -0.2) is 23.0 Å². The molecule has 6 nitrogen and oxygen atoms in total. The topological polar surface area (TPSA) is 92.7 Å². The molecule has 2 aromatic carbocycles. The highest BCUT2D eigenvalue weighted by Crippen LogP contribution is 2.32. The Bertz CT molecular complexity index is 782. The van der Waals surface area contributed by atoms with Gasteiger partial charge < -0.3 is 15.2 Å². The highest BCUT2D eigenvalue weighted by atomic mass is 16.5. The highest BCUT2D eigenvalue weighted by Gasteiger charge is 2.15. The van der Waals surface area contributed by atoms with Gasteiger partial charge in [-0.1, -0.05) is 24.3 Å². The second-order valence-electron chi connectivity index (χ2n) is 4.84. The Morgan fingerprint density at radius 2 is 1.74 bits per heavy atom. The van der Waals surface area contributed by atoms with Crippen LogP contribution < -0.4 is 10.1 Å². The summed E-state index contributed by atoms with van der Waals surface area (Å²) < 4.78 is 4.98. The van der Waals surface area contributed by atoms with E-state index < -0.39 is 11.9 Å². The maximum absolute atomic E-state index is 11.3. The van der Waals surface area contributed by atoms with Crippen LogP contribution in [0.5, 0.6) is 5.75 Å². The van der Waals surface area contributed by atoms with Gasteiger partial charge in [0.25, 0.3) is 0 Å². The normalized spacial score (nSPS) is 10.0. The third kappa shape index (κ3) is 3.94. The zero-order valence-electron chi connectivity index (χ0n) is 12.6. The van der Waals surface area contributed by atoms with Gasteiger partial charge in [-0.2, -0.15) is 0 Å². The van der Waals surface area contributed by atoms with E-state index in [9.17, 15) is 14.4 Å². The number of amides is 1. The number of nitrogens with one attached hydrogen (secondary N) is 1. The molecular formula is C17H15NO5. The van der Waals surface area contributed by atoms with Crippen molar-refractivity contribution in [1.82, 2.24) is 0 Å². The van der Waals surface area contributed by atoms with Crippen molar-refractivity contribution in [3.8, 4) is 16.9 Å². The number of para-hydroxylation sites is 1. The number of carboxylic acid groups (broad SMARTS) is 1. The Morgan fingerprint density at radius 3 is 2.35 bits per heavy atom. The molecule has 23 heavy (non-hydrogen) atoms. The van der Waals surface area contributed by atoms with Crippen molar-refractivity contribution >= 4 is 23.5 Å². The zero-order valence-corrected chi connectivity index (χ0v) is 12.6. The summed E-state index contributed by atoms with van der Waals surface area (Å²) in [6, 6.07) is 11.5. The lowest BCUT2D eigenvalue weighted by molar-refractivity contribution is -0.131. The van der Waals surface area contributed by atoms with E-state index in [1.807, 2.05) is 0 Å². The van der Waals surface area contributed by atoms with Crippen LogP contribution in [0.15, 0.2) is 42.5 Å². The van der Waals surface area contributed by atoms with Gasteiger partial charge in [0.2, 0.25) is 5.91 Å². The van der Waals surface area contributed by atoms with Crippen LogP contribution in [0.4, 0.5) is 5.69 Å². The lowest BCUT2D eigenvalue weighted by atomic mass is 10.0. The fraction of sp³-hybridized carbons (Fsp3) is 0.118. The molecule has 2 rings (SSSR count). The van der Waals surface area contributed by atoms with E-state index in [2.05, 4.69) is 5.32 Å². The maximum atomic E-state index is 11.3. The van der Waals surface area contributed by atoms with Gasteiger partial charge in [0.05, 0.1) is 0 Å². The number of rotatable bonds is 4. The fourth-order valence-corrected chi connectivity index (χ4v) is 2.14. The highest BCUT2D eigenvalue weighted by molar-refractivity contribution is 5.96. The second-order valence-corrected chi connectivity index (χ2v) is 4.84. The second kappa shape index (κ2) is 6.74. The Morgan fingerprint density at radius 1 is 1.04 bits per heavy atom. The summed E-state index contributed by atoms with van der Waals surface area (Å²) in [6.45, 7) is 2.60. The molecule has 0 fully saturated rings. The van der Waals surface area contributed by atoms with Gasteiger partial charge in [-0.25, -0.2) is 4.79 Å². The van der Waals surface area contributed by atoms with Gasteiger partial charge in [0, 0.05) is 25.1 Å². The summed E-state index contributed by atoms with van der Waals surface area (Å²) in [5.74, 6) is -2.07. The quantitative estimate of drug-likeness (QED) is 0.668. The summed E-state index contributed by atoms with van der Waals surface area (Å²) in [5, 5.41) is 11.9. The van der Waals surface area contributed by atoms with Crippen LogP contribution in [0.3, 0.4) is 0 Å².